The van der Waals surface area contributed by atoms with Crippen LogP contribution in [0.1, 0.15) is 13.3 Å². The lowest BCUT2D eigenvalue weighted by molar-refractivity contribution is -0.134. The van der Waals surface area contributed by atoms with Crippen LogP contribution in [0.25, 0.3) is 0 Å². The second-order valence-corrected chi connectivity index (χ2v) is 3.17. The first-order valence-corrected chi connectivity index (χ1v) is 4.91. The highest BCUT2D eigenvalue weighted by atomic mass is 16.5. The van der Waals surface area contributed by atoms with Gasteiger partial charge < -0.3 is 15.0 Å². The molecule has 0 aromatic carbocycles. The van der Waals surface area contributed by atoms with Gasteiger partial charge in [-0.2, -0.15) is 0 Å². The third kappa shape index (κ3) is 3.74. The fourth-order valence-electron chi connectivity index (χ4n) is 1.30. The first-order chi connectivity index (χ1) is 6.34. The number of morpholine rings is 1. The summed E-state index contributed by atoms with van der Waals surface area (Å²) < 4.78 is 5.16. The number of nitrogens with zero attached hydrogens (tertiary/aromatic N) is 1. The fraction of sp³-hybridized carbons (Fsp3) is 0.889. The minimum absolute atomic E-state index is 0.191. The molecule has 1 amide bonds. The van der Waals surface area contributed by atoms with Crippen molar-refractivity contribution in [2.75, 3.05) is 39.4 Å². The smallest absolute Gasteiger partial charge is 0.236 e. The van der Waals surface area contributed by atoms with Crippen molar-refractivity contribution in [3.63, 3.8) is 0 Å². The normalized spacial score (nSPS) is 17.5. The lowest BCUT2D eigenvalue weighted by Gasteiger charge is -2.26. The largest absolute Gasteiger partial charge is 0.378 e. The maximum Gasteiger partial charge on any atom is 0.236 e. The van der Waals surface area contributed by atoms with Gasteiger partial charge in [0, 0.05) is 13.1 Å². The van der Waals surface area contributed by atoms with E-state index in [1.54, 1.807) is 0 Å². The van der Waals surface area contributed by atoms with Crippen molar-refractivity contribution in [2.24, 2.45) is 0 Å². The Bertz CT molecular complexity index is 156. The van der Waals surface area contributed by atoms with Gasteiger partial charge in [0.1, 0.15) is 0 Å². The Morgan fingerprint density at radius 2 is 2.15 bits per heavy atom. The molecule has 1 aliphatic rings. The van der Waals surface area contributed by atoms with E-state index in [1.165, 1.54) is 0 Å². The Balaban J connectivity index is 2.13. The predicted molar refractivity (Wildman–Crippen MR) is 50.6 cm³/mol. The molecule has 76 valence electrons. The topological polar surface area (TPSA) is 41.6 Å². The van der Waals surface area contributed by atoms with Crippen LogP contribution in [0, 0.1) is 0 Å². The highest BCUT2D eigenvalue weighted by Gasteiger charge is 2.15. The predicted octanol–water partition coefficient (Wildman–Crippen LogP) is -0.155. The quantitative estimate of drug-likeness (QED) is 0.621. The molecule has 0 unspecified atom stereocenters. The number of carbonyl (C=O) groups is 1. The number of carbonyl (C=O) groups excluding carboxylic acids is 1. The molecule has 4 heteroatoms. The van der Waals surface area contributed by atoms with Crippen molar-refractivity contribution in [3.05, 3.63) is 0 Å². The number of ether oxygens (including phenoxy) is 1. The van der Waals surface area contributed by atoms with Gasteiger partial charge in [0.15, 0.2) is 0 Å². The Hall–Kier alpha value is -0.610. The number of rotatable bonds is 4. The van der Waals surface area contributed by atoms with Crippen molar-refractivity contribution in [1.29, 1.82) is 0 Å². The maximum absolute atomic E-state index is 11.5. The molecule has 1 heterocycles. The molecule has 1 fully saturated rings. The van der Waals surface area contributed by atoms with Gasteiger partial charge in [-0.1, -0.05) is 6.92 Å². The van der Waals surface area contributed by atoms with E-state index < -0.39 is 0 Å². The van der Waals surface area contributed by atoms with E-state index in [-0.39, 0.29) is 5.91 Å². The number of amides is 1. The Morgan fingerprint density at radius 1 is 1.46 bits per heavy atom. The molecule has 1 N–H and O–H groups in total. The molecule has 1 aliphatic heterocycles. The van der Waals surface area contributed by atoms with Crippen LogP contribution in [0.3, 0.4) is 0 Å². The summed E-state index contributed by atoms with van der Waals surface area (Å²) in [6.45, 7) is 6.31. The van der Waals surface area contributed by atoms with Crippen molar-refractivity contribution in [1.82, 2.24) is 10.2 Å². The summed E-state index contributed by atoms with van der Waals surface area (Å²) in [5, 5.41) is 3.10. The van der Waals surface area contributed by atoms with Crippen LogP contribution in [0.2, 0.25) is 0 Å². The van der Waals surface area contributed by atoms with Crippen LogP contribution >= 0.6 is 0 Å². The molecule has 0 spiro atoms. The van der Waals surface area contributed by atoms with Crippen molar-refractivity contribution in [3.8, 4) is 0 Å². The van der Waals surface area contributed by atoms with Crippen LogP contribution in [-0.2, 0) is 9.53 Å². The summed E-state index contributed by atoms with van der Waals surface area (Å²) in [5.41, 5.74) is 0. The SMILES string of the molecule is CCCNCC(=O)N1CCOCC1. The first-order valence-electron chi connectivity index (χ1n) is 4.91. The average Bonchev–Trinajstić information content (AvgIpc) is 2.19. The van der Waals surface area contributed by atoms with Crippen LogP contribution < -0.4 is 5.32 Å². The maximum atomic E-state index is 11.5. The lowest BCUT2D eigenvalue weighted by atomic mass is 10.4. The minimum atomic E-state index is 0.191. The third-order valence-corrected chi connectivity index (χ3v) is 2.07. The molecule has 0 radical (unpaired) electrons. The summed E-state index contributed by atoms with van der Waals surface area (Å²) in [7, 11) is 0. The zero-order valence-corrected chi connectivity index (χ0v) is 8.21. The van der Waals surface area contributed by atoms with Crippen LogP contribution in [-0.4, -0.2) is 50.2 Å². The van der Waals surface area contributed by atoms with Gasteiger partial charge >= 0.3 is 0 Å². The van der Waals surface area contributed by atoms with Gasteiger partial charge in [0.05, 0.1) is 19.8 Å². The van der Waals surface area contributed by atoms with Crippen molar-refractivity contribution < 1.29 is 9.53 Å². The van der Waals surface area contributed by atoms with Gasteiger partial charge in [0.2, 0.25) is 5.91 Å². The molecule has 4 nitrogen and oxygen atoms in total. The molecule has 0 aromatic heterocycles. The highest BCUT2D eigenvalue weighted by Crippen LogP contribution is 1.96. The van der Waals surface area contributed by atoms with Crippen LogP contribution in [0.15, 0.2) is 0 Å². The molecule has 0 saturated carbocycles. The number of hydrogen-bond donors (Lipinski definition) is 1. The Kier molecular flexibility index (Phi) is 4.78. The summed E-state index contributed by atoms with van der Waals surface area (Å²) in [5.74, 6) is 0.191. The molecular formula is C9H18N2O2. The van der Waals surface area contributed by atoms with Crippen molar-refractivity contribution >= 4 is 5.91 Å². The summed E-state index contributed by atoms with van der Waals surface area (Å²) in [4.78, 5) is 13.3. The lowest BCUT2D eigenvalue weighted by Crippen LogP contribution is -2.44. The van der Waals surface area contributed by atoms with E-state index in [2.05, 4.69) is 12.2 Å². The van der Waals surface area contributed by atoms with E-state index in [4.69, 9.17) is 4.74 Å². The van der Waals surface area contributed by atoms with Crippen molar-refractivity contribution in [2.45, 2.75) is 13.3 Å². The summed E-state index contributed by atoms with van der Waals surface area (Å²) >= 11 is 0. The van der Waals surface area contributed by atoms with Gasteiger partial charge in [-0.3, -0.25) is 4.79 Å². The Labute approximate surface area is 79.2 Å². The monoisotopic (exact) mass is 186 g/mol. The fourth-order valence-corrected chi connectivity index (χ4v) is 1.30. The van der Waals surface area contributed by atoms with E-state index in [1.807, 2.05) is 4.90 Å². The molecule has 1 saturated heterocycles. The third-order valence-electron chi connectivity index (χ3n) is 2.07. The number of hydrogen-bond acceptors (Lipinski definition) is 3. The van der Waals surface area contributed by atoms with E-state index in [0.717, 1.165) is 26.1 Å². The molecule has 1 rings (SSSR count). The standard InChI is InChI=1S/C9H18N2O2/c1-2-3-10-8-9(12)11-4-6-13-7-5-11/h10H,2-8H2,1H3. The average molecular weight is 186 g/mol. The minimum Gasteiger partial charge on any atom is -0.378 e. The van der Waals surface area contributed by atoms with E-state index in [9.17, 15) is 4.79 Å². The van der Waals surface area contributed by atoms with Gasteiger partial charge in [0.25, 0.3) is 0 Å². The van der Waals surface area contributed by atoms with E-state index >= 15 is 0 Å². The van der Waals surface area contributed by atoms with Gasteiger partial charge in [-0.15, -0.1) is 0 Å². The Morgan fingerprint density at radius 3 is 2.77 bits per heavy atom. The van der Waals surface area contributed by atoms with E-state index in [0.29, 0.717) is 19.8 Å². The van der Waals surface area contributed by atoms with Gasteiger partial charge in [-0.25, -0.2) is 0 Å². The second kappa shape index (κ2) is 5.94. The second-order valence-electron chi connectivity index (χ2n) is 3.17. The van der Waals surface area contributed by atoms with Gasteiger partial charge in [-0.05, 0) is 13.0 Å². The number of nitrogens with one attached hydrogen (secondary N) is 1. The van der Waals surface area contributed by atoms with Crippen LogP contribution in [0.4, 0.5) is 0 Å². The first kappa shape index (κ1) is 10.5. The summed E-state index contributed by atoms with van der Waals surface area (Å²) in [6.07, 6.45) is 1.07. The zero-order valence-electron chi connectivity index (χ0n) is 8.21. The molecule has 0 bridgehead atoms. The van der Waals surface area contributed by atoms with Crippen LogP contribution in [0.5, 0.6) is 0 Å². The molecule has 13 heavy (non-hydrogen) atoms. The molecular weight excluding hydrogens is 168 g/mol. The zero-order chi connectivity index (χ0) is 9.52. The highest BCUT2D eigenvalue weighted by molar-refractivity contribution is 5.78. The molecule has 0 aliphatic carbocycles. The molecule has 0 aromatic rings. The molecule has 0 atom stereocenters. The summed E-state index contributed by atoms with van der Waals surface area (Å²) in [6, 6.07) is 0.